The average molecular weight is 379 g/mol. The van der Waals surface area contributed by atoms with Crippen molar-refractivity contribution in [1.29, 1.82) is 0 Å². The molecule has 1 aromatic carbocycles. The van der Waals surface area contributed by atoms with E-state index in [1.165, 1.54) is 0 Å². The van der Waals surface area contributed by atoms with Gasteiger partial charge in [0.2, 0.25) is 5.91 Å². The summed E-state index contributed by atoms with van der Waals surface area (Å²) in [4.78, 5) is 15.6. The molecule has 0 spiro atoms. The summed E-state index contributed by atoms with van der Waals surface area (Å²) in [6, 6.07) is 15.3. The van der Waals surface area contributed by atoms with E-state index >= 15 is 0 Å². The zero-order valence-electron chi connectivity index (χ0n) is 14.9. The molecule has 0 aliphatic rings. The van der Waals surface area contributed by atoms with Crippen LogP contribution in [0.2, 0.25) is 0 Å². The van der Waals surface area contributed by atoms with Crippen LogP contribution in [0.1, 0.15) is 16.2 Å². The third-order valence-corrected chi connectivity index (χ3v) is 4.69. The summed E-state index contributed by atoms with van der Waals surface area (Å²) >= 11 is 1.63. The van der Waals surface area contributed by atoms with Crippen LogP contribution in [0.25, 0.3) is 6.08 Å². The van der Waals surface area contributed by atoms with Crippen molar-refractivity contribution in [2.75, 3.05) is 6.61 Å². The Labute approximate surface area is 163 Å². The Balaban J connectivity index is 1.67. The van der Waals surface area contributed by atoms with Crippen molar-refractivity contribution >= 4 is 23.3 Å². The van der Waals surface area contributed by atoms with Crippen LogP contribution >= 0.6 is 11.3 Å². The summed E-state index contributed by atoms with van der Waals surface area (Å²) in [5, 5.41) is 2.01. The highest BCUT2D eigenvalue weighted by molar-refractivity contribution is 7.09. The van der Waals surface area contributed by atoms with Crippen molar-refractivity contribution in [3.8, 4) is 5.75 Å². The zero-order chi connectivity index (χ0) is 18.9. The molecular weight excluding hydrogens is 358 g/mol. The number of furan rings is 1. The predicted molar refractivity (Wildman–Crippen MR) is 108 cm³/mol. The van der Waals surface area contributed by atoms with Gasteiger partial charge in [0.25, 0.3) is 0 Å². The van der Waals surface area contributed by atoms with Crippen molar-refractivity contribution in [1.82, 2.24) is 4.90 Å². The third-order valence-electron chi connectivity index (χ3n) is 3.83. The van der Waals surface area contributed by atoms with Crippen LogP contribution < -0.4 is 4.74 Å². The Morgan fingerprint density at radius 2 is 2.00 bits per heavy atom. The largest absolute Gasteiger partial charge is 0.490 e. The summed E-state index contributed by atoms with van der Waals surface area (Å²) in [5.41, 5.74) is 0.934. The van der Waals surface area contributed by atoms with Gasteiger partial charge in [-0.3, -0.25) is 4.79 Å². The first-order valence-corrected chi connectivity index (χ1v) is 9.48. The molecule has 0 aliphatic heterocycles. The number of carbonyl (C=O) groups is 1. The molecule has 5 heteroatoms. The molecule has 2 aromatic heterocycles. The molecule has 0 atom stereocenters. The second-order valence-corrected chi connectivity index (χ2v) is 6.89. The Kier molecular flexibility index (Phi) is 6.66. The molecule has 3 aromatic rings. The van der Waals surface area contributed by atoms with Crippen molar-refractivity contribution in [2.45, 2.75) is 13.1 Å². The van der Waals surface area contributed by atoms with Crippen molar-refractivity contribution < 1.29 is 13.9 Å². The van der Waals surface area contributed by atoms with Gasteiger partial charge < -0.3 is 14.1 Å². The van der Waals surface area contributed by atoms with E-state index in [-0.39, 0.29) is 5.91 Å². The summed E-state index contributed by atoms with van der Waals surface area (Å²) in [5.74, 6) is 1.47. The maximum Gasteiger partial charge on any atom is 0.247 e. The van der Waals surface area contributed by atoms with Crippen LogP contribution in [0.3, 0.4) is 0 Å². The zero-order valence-corrected chi connectivity index (χ0v) is 15.7. The number of hydrogen-bond acceptors (Lipinski definition) is 4. The maximum absolute atomic E-state index is 12.7. The topological polar surface area (TPSA) is 42.7 Å². The summed E-state index contributed by atoms with van der Waals surface area (Å²) < 4.78 is 10.9. The number of benzene rings is 1. The third kappa shape index (κ3) is 5.72. The lowest BCUT2D eigenvalue weighted by atomic mass is 10.2. The monoisotopic (exact) mass is 379 g/mol. The molecule has 0 saturated heterocycles. The molecular formula is C22H21NO3S. The first-order valence-electron chi connectivity index (χ1n) is 8.60. The number of nitrogens with zero attached hydrogens (tertiary/aromatic N) is 1. The molecule has 0 saturated carbocycles. The van der Waals surface area contributed by atoms with Gasteiger partial charge in [-0.05, 0) is 47.4 Å². The fourth-order valence-electron chi connectivity index (χ4n) is 2.50. The minimum absolute atomic E-state index is 0.0632. The molecule has 27 heavy (non-hydrogen) atoms. The Morgan fingerprint density at radius 3 is 2.67 bits per heavy atom. The SMILES string of the molecule is C=CCOc1ccc(C=CC(=O)N(Cc2ccco2)Cc2cccs2)cc1. The normalized spacial score (nSPS) is 10.8. The van der Waals surface area contributed by atoms with E-state index in [1.807, 2.05) is 60.0 Å². The van der Waals surface area contributed by atoms with Crippen LogP contribution in [0.4, 0.5) is 0 Å². The van der Waals surface area contributed by atoms with Gasteiger partial charge in [0, 0.05) is 11.0 Å². The predicted octanol–water partition coefficient (Wildman–Crippen LogP) is 5.15. The van der Waals surface area contributed by atoms with E-state index in [0.29, 0.717) is 19.7 Å². The smallest absolute Gasteiger partial charge is 0.247 e. The van der Waals surface area contributed by atoms with Gasteiger partial charge in [0.05, 0.1) is 19.4 Å². The Hall–Kier alpha value is -3.05. The standard InChI is InChI=1S/C22H21NO3S/c1-2-13-25-19-10-7-18(8-11-19)9-12-22(24)23(16-20-5-3-14-26-20)17-21-6-4-15-27-21/h2-12,14-15H,1,13,16-17H2. The van der Waals surface area contributed by atoms with Crippen molar-refractivity contribution in [3.05, 3.63) is 95.1 Å². The van der Waals surface area contributed by atoms with E-state index in [9.17, 15) is 4.79 Å². The lowest BCUT2D eigenvalue weighted by molar-refractivity contribution is -0.127. The highest BCUT2D eigenvalue weighted by atomic mass is 32.1. The highest BCUT2D eigenvalue weighted by Gasteiger charge is 2.14. The van der Waals surface area contributed by atoms with E-state index in [2.05, 4.69) is 6.58 Å². The molecule has 1 amide bonds. The van der Waals surface area contributed by atoms with Gasteiger partial charge in [-0.1, -0.05) is 30.9 Å². The van der Waals surface area contributed by atoms with Crippen LogP contribution in [-0.4, -0.2) is 17.4 Å². The van der Waals surface area contributed by atoms with Crippen molar-refractivity contribution in [3.63, 3.8) is 0 Å². The first kappa shape index (κ1) is 18.7. The fraction of sp³-hybridized carbons (Fsp3) is 0.136. The van der Waals surface area contributed by atoms with E-state index in [1.54, 1.807) is 34.7 Å². The number of hydrogen-bond donors (Lipinski definition) is 0. The second-order valence-electron chi connectivity index (χ2n) is 5.86. The molecule has 0 radical (unpaired) electrons. The van der Waals surface area contributed by atoms with Crippen LogP contribution in [0, 0.1) is 0 Å². The number of ether oxygens (including phenoxy) is 1. The lowest BCUT2D eigenvalue weighted by Crippen LogP contribution is -2.27. The summed E-state index contributed by atoms with van der Waals surface area (Å²) in [6.07, 6.45) is 6.72. The van der Waals surface area contributed by atoms with E-state index < -0.39 is 0 Å². The van der Waals surface area contributed by atoms with Crippen molar-refractivity contribution in [2.24, 2.45) is 0 Å². The van der Waals surface area contributed by atoms with Gasteiger partial charge in [-0.15, -0.1) is 11.3 Å². The Morgan fingerprint density at radius 1 is 1.15 bits per heavy atom. The molecule has 138 valence electrons. The number of rotatable bonds is 9. The average Bonchev–Trinajstić information content (AvgIpc) is 3.39. The quantitative estimate of drug-likeness (QED) is 0.381. The number of amides is 1. The van der Waals surface area contributed by atoms with Gasteiger partial charge in [-0.2, -0.15) is 0 Å². The molecule has 0 aliphatic carbocycles. The molecule has 3 rings (SSSR count). The van der Waals surface area contributed by atoms with Gasteiger partial charge in [-0.25, -0.2) is 0 Å². The number of carbonyl (C=O) groups excluding carboxylic acids is 1. The summed E-state index contributed by atoms with van der Waals surface area (Å²) in [7, 11) is 0. The van der Waals surface area contributed by atoms with Gasteiger partial charge in [0.15, 0.2) is 0 Å². The van der Waals surface area contributed by atoms with Crippen LogP contribution in [0.5, 0.6) is 5.75 Å². The Bertz CT molecular complexity index is 829. The molecule has 0 fully saturated rings. The van der Waals surface area contributed by atoms with Crippen LogP contribution in [0.15, 0.2) is 83.3 Å². The molecule has 4 nitrogen and oxygen atoms in total. The minimum atomic E-state index is -0.0632. The first-order chi connectivity index (χ1) is 13.2. The highest BCUT2D eigenvalue weighted by Crippen LogP contribution is 2.17. The second kappa shape index (κ2) is 9.59. The summed E-state index contributed by atoms with van der Waals surface area (Å²) in [6.45, 7) is 5.08. The van der Waals surface area contributed by atoms with Gasteiger partial charge in [0.1, 0.15) is 18.1 Å². The fourth-order valence-corrected chi connectivity index (χ4v) is 3.22. The van der Waals surface area contributed by atoms with Gasteiger partial charge >= 0.3 is 0 Å². The maximum atomic E-state index is 12.7. The molecule has 2 heterocycles. The van der Waals surface area contributed by atoms with Crippen LogP contribution in [-0.2, 0) is 17.9 Å². The molecule has 0 bridgehead atoms. The molecule has 0 unspecified atom stereocenters. The molecule has 0 N–H and O–H groups in total. The van der Waals surface area contributed by atoms with E-state index in [0.717, 1.165) is 22.0 Å². The minimum Gasteiger partial charge on any atom is -0.490 e. The van der Waals surface area contributed by atoms with E-state index in [4.69, 9.17) is 9.15 Å². The lowest BCUT2D eigenvalue weighted by Gasteiger charge is -2.19. The number of thiophene rings is 1.